The van der Waals surface area contributed by atoms with E-state index in [0.29, 0.717) is 16.3 Å². The average molecular weight is 447 g/mol. The molecule has 0 aliphatic carbocycles. The van der Waals surface area contributed by atoms with E-state index in [2.05, 4.69) is 33.2 Å². The monoisotopic (exact) mass is 446 g/mol. The van der Waals surface area contributed by atoms with Gasteiger partial charge in [-0.15, -0.1) is 0 Å². The predicted octanol–water partition coefficient (Wildman–Crippen LogP) is 4.09. The van der Waals surface area contributed by atoms with Crippen LogP contribution in [0, 0.1) is 10.5 Å². The Balaban J connectivity index is 2.10. The molecular formula is C15H12ClIN2O2S. The summed E-state index contributed by atoms with van der Waals surface area (Å²) in [7, 11) is 0. The van der Waals surface area contributed by atoms with Crippen molar-refractivity contribution < 1.29 is 9.90 Å². The molecule has 114 valence electrons. The van der Waals surface area contributed by atoms with Crippen molar-refractivity contribution in [2.45, 2.75) is 6.92 Å². The fraction of sp³-hybridized carbons (Fsp3) is 0.0667. The second-order valence-electron chi connectivity index (χ2n) is 4.55. The third-order valence-electron chi connectivity index (χ3n) is 2.80. The number of carbonyl (C=O) groups excluding carboxylic acids is 1. The maximum atomic E-state index is 12.2. The van der Waals surface area contributed by atoms with Gasteiger partial charge in [0.1, 0.15) is 5.75 Å². The van der Waals surface area contributed by atoms with Gasteiger partial charge in [0.05, 0.1) is 16.3 Å². The maximum absolute atomic E-state index is 12.2. The van der Waals surface area contributed by atoms with Gasteiger partial charge in [-0.25, -0.2) is 0 Å². The Labute approximate surface area is 152 Å². The van der Waals surface area contributed by atoms with Crippen molar-refractivity contribution in [3.05, 3.63) is 56.1 Å². The van der Waals surface area contributed by atoms with Crippen LogP contribution in [-0.2, 0) is 0 Å². The summed E-state index contributed by atoms with van der Waals surface area (Å²) in [6.45, 7) is 1.89. The van der Waals surface area contributed by atoms with Gasteiger partial charge in [-0.05, 0) is 77.6 Å². The third kappa shape index (κ3) is 4.31. The second kappa shape index (κ2) is 7.26. The summed E-state index contributed by atoms with van der Waals surface area (Å²) in [6.07, 6.45) is 0. The highest BCUT2D eigenvalue weighted by Crippen LogP contribution is 2.24. The molecule has 4 nitrogen and oxygen atoms in total. The van der Waals surface area contributed by atoms with Crippen LogP contribution in [0.3, 0.4) is 0 Å². The molecule has 3 N–H and O–H groups in total. The van der Waals surface area contributed by atoms with Crippen LogP contribution in [-0.4, -0.2) is 16.1 Å². The molecule has 0 aliphatic rings. The lowest BCUT2D eigenvalue weighted by Crippen LogP contribution is -2.34. The minimum atomic E-state index is -0.409. The summed E-state index contributed by atoms with van der Waals surface area (Å²) >= 11 is 13.2. The Kier molecular flexibility index (Phi) is 5.60. The zero-order chi connectivity index (χ0) is 16.3. The summed E-state index contributed by atoms with van der Waals surface area (Å²) < 4.78 is 0.891. The highest BCUT2D eigenvalue weighted by molar-refractivity contribution is 14.1. The first-order valence-electron chi connectivity index (χ1n) is 6.24. The Bertz CT molecular complexity index is 752. The van der Waals surface area contributed by atoms with Gasteiger partial charge in [0.25, 0.3) is 5.91 Å². The quantitative estimate of drug-likeness (QED) is 0.369. The molecule has 22 heavy (non-hydrogen) atoms. The molecule has 0 fully saturated rings. The minimum Gasteiger partial charge on any atom is -0.506 e. The number of hydrogen-bond acceptors (Lipinski definition) is 3. The first-order valence-corrected chi connectivity index (χ1v) is 8.10. The van der Waals surface area contributed by atoms with Crippen molar-refractivity contribution in [3.8, 4) is 5.75 Å². The molecule has 2 rings (SSSR count). The average Bonchev–Trinajstić information content (AvgIpc) is 2.45. The van der Waals surface area contributed by atoms with E-state index in [1.54, 1.807) is 36.4 Å². The molecule has 0 unspecified atom stereocenters. The van der Waals surface area contributed by atoms with Crippen molar-refractivity contribution in [1.29, 1.82) is 0 Å². The van der Waals surface area contributed by atoms with Crippen LogP contribution in [0.4, 0.5) is 5.69 Å². The van der Waals surface area contributed by atoms with E-state index in [0.717, 1.165) is 9.13 Å². The Morgan fingerprint density at radius 2 is 2.00 bits per heavy atom. The fourth-order valence-corrected chi connectivity index (χ4v) is 2.64. The van der Waals surface area contributed by atoms with Crippen molar-refractivity contribution >= 4 is 63.1 Å². The summed E-state index contributed by atoms with van der Waals surface area (Å²) in [5.74, 6) is -0.359. The van der Waals surface area contributed by atoms with Crippen LogP contribution in [0.15, 0.2) is 36.4 Å². The van der Waals surface area contributed by atoms with Gasteiger partial charge in [0.2, 0.25) is 0 Å². The minimum absolute atomic E-state index is 0.0505. The smallest absolute Gasteiger partial charge is 0.258 e. The van der Waals surface area contributed by atoms with Gasteiger partial charge >= 0.3 is 0 Å². The van der Waals surface area contributed by atoms with Crippen molar-refractivity contribution in [2.75, 3.05) is 5.32 Å². The molecule has 0 atom stereocenters. The number of anilines is 1. The van der Waals surface area contributed by atoms with E-state index in [9.17, 15) is 9.90 Å². The molecule has 0 saturated heterocycles. The standard InChI is InChI=1S/C15H12ClIN2O2S/c1-8-2-5-13(20)12(6-8)18-15(22)19-14(21)10-7-9(17)3-4-11(10)16/h2-7,20H,1H3,(H2,18,19,21,22). The molecule has 0 radical (unpaired) electrons. The van der Waals surface area contributed by atoms with Gasteiger partial charge in [-0.3, -0.25) is 10.1 Å². The number of benzene rings is 2. The van der Waals surface area contributed by atoms with Gasteiger partial charge in [-0.1, -0.05) is 17.7 Å². The van der Waals surface area contributed by atoms with E-state index >= 15 is 0 Å². The zero-order valence-electron chi connectivity index (χ0n) is 11.5. The Morgan fingerprint density at radius 3 is 2.73 bits per heavy atom. The second-order valence-corrected chi connectivity index (χ2v) is 6.61. The lowest BCUT2D eigenvalue weighted by atomic mass is 10.2. The number of aryl methyl sites for hydroxylation is 1. The normalized spacial score (nSPS) is 10.1. The molecule has 0 aliphatic heterocycles. The number of phenols is 1. The topological polar surface area (TPSA) is 61.4 Å². The number of amides is 1. The summed E-state index contributed by atoms with van der Waals surface area (Å²) in [5.41, 5.74) is 1.72. The largest absolute Gasteiger partial charge is 0.506 e. The number of phenolic OH excluding ortho intramolecular Hbond substituents is 1. The number of nitrogens with one attached hydrogen (secondary N) is 2. The molecule has 1 amide bonds. The Hall–Kier alpha value is -1.38. The van der Waals surface area contributed by atoms with Gasteiger partial charge < -0.3 is 10.4 Å². The van der Waals surface area contributed by atoms with Crippen LogP contribution in [0.1, 0.15) is 15.9 Å². The first kappa shape index (κ1) is 17.0. The van der Waals surface area contributed by atoms with Crippen LogP contribution in [0.5, 0.6) is 5.75 Å². The lowest BCUT2D eigenvalue weighted by Gasteiger charge is -2.12. The van der Waals surface area contributed by atoms with E-state index < -0.39 is 5.91 Å². The van der Waals surface area contributed by atoms with E-state index in [1.807, 2.05) is 6.92 Å². The summed E-state index contributed by atoms with van der Waals surface area (Å²) in [5, 5.41) is 15.5. The molecular weight excluding hydrogens is 435 g/mol. The van der Waals surface area contributed by atoms with Gasteiger partial charge in [0.15, 0.2) is 5.11 Å². The van der Waals surface area contributed by atoms with E-state index in [4.69, 9.17) is 23.8 Å². The van der Waals surface area contributed by atoms with Crippen LogP contribution in [0.25, 0.3) is 0 Å². The van der Waals surface area contributed by atoms with Crippen LogP contribution < -0.4 is 10.6 Å². The van der Waals surface area contributed by atoms with Crippen molar-refractivity contribution in [3.63, 3.8) is 0 Å². The molecule has 2 aromatic carbocycles. The number of aromatic hydroxyl groups is 1. The summed E-state index contributed by atoms with van der Waals surface area (Å²) in [6, 6.07) is 10.2. The molecule has 7 heteroatoms. The van der Waals surface area contributed by atoms with Crippen molar-refractivity contribution in [1.82, 2.24) is 5.32 Å². The summed E-state index contributed by atoms with van der Waals surface area (Å²) in [4.78, 5) is 12.2. The molecule has 0 heterocycles. The molecule has 2 aromatic rings. The molecule has 0 saturated carbocycles. The molecule has 0 bridgehead atoms. The van der Waals surface area contributed by atoms with E-state index in [-0.39, 0.29) is 10.9 Å². The van der Waals surface area contributed by atoms with Crippen molar-refractivity contribution in [2.24, 2.45) is 0 Å². The van der Waals surface area contributed by atoms with E-state index in [1.165, 1.54) is 0 Å². The zero-order valence-corrected chi connectivity index (χ0v) is 15.2. The number of thiocarbonyl (C=S) groups is 1. The Morgan fingerprint density at radius 1 is 1.27 bits per heavy atom. The van der Waals surface area contributed by atoms with Gasteiger partial charge in [-0.2, -0.15) is 0 Å². The van der Waals surface area contributed by atoms with Crippen LogP contribution >= 0.6 is 46.4 Å². The highest BCUT2D eigenvalue weighted by atomic mass is 127. The first-order chi connectivity index (χ1) is 10.4. The fourth-order valence-electron chi connectivity index (χ4n) is 1.75. The third-order valence-corrected chi connectivity index (χ3v) is 4.01. The number of rotatable bonds is 2. The SMILES string of the molecule is Cc1ccc(O)c(NC(=S)NC(=O)c2cc(I)ccc2Cl)c1. The highest BCUT2D eigenvalue weighted by Gasteiger charge is 2.13. The number of halogens is 2. The predicted molar refractivity (Wildman–Crippen MR) is 101 cm³/mol. The maximum Gasteiger partial charge on any atom is 0.258 e. The lowest BCUT2D eigenvalue weighted by molar-refractivity contribution is 0.0978. The molecule has 0 spiro atoms. The van der Waals surface area contributed by atoms with Gasteiger partial charge in [0, 0.05) is 3.57 Å². The number of carbonyl (C=O) groups is 1. The number of hydrogen-bond donors (Lipinski definition) is 3. The van der Waals surface area contributed by atoms with Crippen LogP contribution in [0.2, 0.25) is 5.02 Å². The molecule has 0 aromatic heterocycles.